The number of alkyl halides is 2. The number of pyridine rings is 1. The molecule has 19 heavy (non-hydrogen) atoms. The minimum atomic E-state index is -2.62. The molecule has 1 aromatic carbocycles. The monoisotopic (exact) mass is 303 g/mol. The summed E-state index contributed by atoms with van der Waals surface area (Å²) in [4.78, 5) is 3.91. The normalized spacial score (nSPS) is 10.8. The third-order valence-electron chi connectivity index (χ3n) is 2.58. The van der Waals surface area contributed by atoms with Gasteiger partial charge in [0.1, 0.15) is 0 Å². The molecule has 1 aromatic heterocycles. The highest BCUT2D eigenvalue weighted by Crippen LogP contribution is 2.37. The average Bonchev–Trinajstić information content (AvgIpc) is 2.38. The number of aromatic nitrogens is 1. The zero-order chi connectivity index (χ0) is 14.0. The topological polar surface area (TPSA) is 22.1 Å². The summed E-state index contributed by atoms with van der Waals surface area (Å²) < 4.78 is 31.0. The molecule has 0 atom stereocenters. The van der Waals surface area contributed by atoms with Crippen molar-refractivity contribution >= 4 is 23.2 Å². The maximum atomic E-state index is 13.0. The molecule has 0 aliphatic heterocycles. The molecule has 0 aliphatic carbocycles. The first-order chi connectivity index (χ1) is 9.02. The van der Waals surface area contributed by atoms with E-state index in [4.69, 9.17) is 27.9 Å². The lowest BCUT2D eigenvalue weighted by Gasteiger charge is -2.12. The molecule has 0 fully saturated rings. The van der Waals surface area contributed by atoms with Crippen LogP contribution in [0.3, 0.4) is 0 Å². The quantitative estimate of drug-likeness (QED) is 0.796. The summed E-state index contributed by atoms with van der Waals surface area (Å²) in [5.74, 6) is 0.291. The van der Waals surface area contributed by atoms with Crippen LogP contribution in [0.15, 0.2) is 30.5 Å². The van der Waals surface area contributed by atoms with Crippen molar-refractivity contribution in [2.45, 2.75) is 6.43 Å². The van der Waals surface area contributed by atoms with Crippen molar-refractivity contribution in [1.82, 2.24) is 4.98 Å². The van der Waals surface area contributed by atoms with Crippen molar-refractivity contribution in [2.75, 3.05) is 7.11 Å². The van der Waals surface area contributed by atoms with E-state index in [-0.39, 0.29) is 16.1 Å². The second-order valence-electron chi connectivity index (χ2n) is 3.74. The van der Waals surface area contributed by atoms with E-state index >= 15 is 0 Å². The van der Waals surface area contributed by atoms with E-state index in [2.05, 4.69) is 4.98 Å². The van der Waals surface area contributed by atoms with Gasteiger partial charge in [0.25, 0.3) is 6.43 Å². The molecule has 0 bridgehead atoms. The molecule has 6 heteroatoms. The number of ether oxygens (including phenoxy) is 1. The summed E-state index contributed by atoms with van der Waals surface area (Å²) in [5.41, 5.74) is 0.541. The third-order valence-corrected chi connectivity index (χ3v) is 3.12. The second kappa shape index (κ2) is 5.72. The zero-order valence-corrected chi connectivity index (χ0v) is 11.3. The van der Waals surface area contributed by atoms with Gasteiger partial charge >= 0.3 is 0 Å². The Morgan fingerprint density at radius 3 is 2.53 bits per heavy atom. The van der Waals surface area contributed by atoms with Crippen LogP contribution < -0.4 is 4.74 Å². The Balaban J connectivity index is 2.66. The van der Waals surface area contributed by atoms with Crippen LogP contribution in [0.5, 0.6) is 5.88 Å². The highest BCUT2D eigenvalue weighted by molar-refractivity contribution is 6.33. The number of hydrogen-bond acceptors (Lipinski definition) is 2. The van der Waals surface area contributed by atoms with Crippen molar-refractivity contribution in [1.29, 1.82) is 0 Å². The van der Waals surface area contributed by atoms with Gasteiger partial charge in [-0.3, -0.25) is 0 Å². The summed E-state index contributed by atoms with van der Waals surface area (Å²) in [5, 5.41) is 0.608. The fourth-order valence-electron chi connectivity index (χ4n) is 1.69. The molecule has 0 radical (unpaired) electrons. The maximum absolute atomic E-state index is 13.0. The van der Waals surface area contributed by atoms with Crippen LogP contribution in [0.4, 0.5) is 8.78 Å². The van der Waals surface area contributed by atoms with Crippen LogP contribution in [0, 0.1) is 0 Å². The van der Waals surface area contributed by atoms with Crippen molar-refractivity contribution in [3.63, 3.8) is 0 Å². The molecule has 0 aliphatic rings. The van der Waals surface area contributed by atoms with Crippen molar-refractivity contribution in [3.8, 4) is 17.0 Å². The maximum Gasteiger partial charge on any atom is 0.264 e. The minimum Gasteiger partial charge on any atom is -0.481 e. The van der Waals surface area contributed by atoms with Gasteiger partial charge in [-0.2, -0.15) is 0 Å². The van der Waals surface area contributed by atoms with Gasteiger partial charge in [-0.25, -0.2) is 13.8 Å². The van der Waals surface area contributed by atoms with Crippen LogP contribution in [0.2, 0.25) is 10.0 Å². The van der Waals surface area contributed by atoms with Gasteiger partial charge in [-0.1, -0.05) is 29.3 Å². The van der Waals surface area contributed by atoms with Gasteiger partial charge < -0.3 is 4.74 Å². The molecule has 0 saturated carbocycles. The number of benzene rings is 1. The van der Waals surface area contributed by atoms with E-state index in [0.717, 1.165) is 0 Å². The summed E-state index contributed by atoms with van der Waals surface area (Å²) in [6.45, 7) is 0. The number of nitrogens with zero attached hydrogens (tertiary/aromatic N) is 1. The predicted octanol–water partition coefficient (Wildman–Crippen LogP) is 5.00. The van der Waals surface area contributed by atoms with Gasteiger partial charge in [-0.15, -0.1) is 0 Å². The van der Waals surface area contributed by atoms with Crippen LogP contribution in [0.25, 0.3) is 11.1 Å². The molecule has 1 heterocycles. The molecule has 2 aromatic rings. The Kier molecular flexibility index (Phi) is 4.22. The molecular formula is C13H9Cl2F2NO. The standard InChI is InChI=1S/C13H9Cl2F2NO/c1-19-12-5-10(11(15)6-18-12)9-4-7(14)2-3-8(9)13(16)17/h2-6,13H,1H3. The van der Waals surface area contributed by atoms with Crippen LogP contribution in [0.1, 0.15) is 12.0 Å². The Bertz CT molecular complexity index is 605. The van der Waals surface area contributed by atoms with Gasteiger partial charge in [0.2, 0.25) is 5.88 Å². The molecule has 0 unspecified atom stereocenters. The molecule has 2 rings (SSSR count). The SMILES string of the molecule is COc1cc(-c2cc(Cl)ccc2C(F)F)c(Cl)cn1. The predicted molar refractivity (Wildman–Crippen MR) is 71.2 cm³/mol. The van der Waals surface area contributed by atoms with Gasteiger partial charge in [-0.05, 0) is 17.7 Å². The third kappa shape index (κ3) is 2.96. The lowest BCUT2D eigenvalue weighted by atomic mass is 10.0. The van der Waals surface area contributed by atoms with Crippen LogP contribution in [-0.2, 0) is 0 Å². The lowest BCUT2D eigenvalue weighted by molar-refractivity contribution is 0.152. The average molecular weight is 304 g/mol. The van der Waals surface area contributed by atoms with Crippen LogP contribution >= 0.6 is 23.2 Å². The summed E-state index contributed by atoms with van der Waals surface area (Å²) in [6.07, 6.45) is -1.27. The van der Waals surface area contributed by atoms with Gasteiger partial charge in [0.05, 0.1) is 18.3 Å². The first-order valence-electron chi connectivity index (χ1n) is 5.30. The molecule has 2 nitrogen and oxygen atoms in total. The second-order valence-corrected chi connectivity index (χ2v) is 4.58. The number of halogens is 4. The Morgan fingerprint density at radius 2 is 1.89 bits per heavy atom. The summed E-state index contributed by atoms with van der Waals surface area (Å²) in [7, 11) is 1.44. The van der Waals surface area contributed by atoms with Crippen LogP contribution in [-0.4, -0.2) is 12.1 Å². The van der Waals surface area contributed by atoms with E-state index in [1.807, 2.05) is 0 Å². The van der Waals surface area contributed by atoms with Gasteiger partial charge in [0.15, 0.2) is 0 Å². The fourth-order valence-corrected chi connectivity index (χ4v) is 2.07. The molecule has 0 spiro atoms. The number of rotatable bonds is 3. The Hall–Kier alpha value is -1.39. The zero-order valence-electron chi connectivity index (χ0n) is 9.83. The Labute approximate surface area is 118 Å². The first-order valence-corrected chi connectivity index (χ1v) is 6.06. The summed E-state index contributed by atoms with van der Waals surface area (Å²) in [6, 6.07) is 5.65. The number of methoxy groups -OCH3 is 1. The highest BCUT2D eigenvalue weighted by atomic mass is 35.5. The van der Waals surface area contributed by atoms with E-state index in [0.29, 0.717) is 16.5 Å². The van der Waals surface area contributed by atoms with Crippen molar-refractivity contribution < 1.29 is 13.5 Å². The van der Waals surface area contributed by atoms with E-state index in [9.17, 15) is 8.78 Å². The largest absolute Gasteiger partial charge is 0.481 e. The molecule has 100 valence electrons. The van der Waals surface area contributed by atoms with E-state index in [1.165, 1.54) is 37.6 Å². The molecule has 0 amide bonds. The molecular weight excluding hydrogens is 295 g/mol. The number of hydrogen-bond donors (Lipinski definition) is 0. The highest BCUT2D eigenvalue weighted by Gasteiger charge is 2.17. The van der Waals surface area contributed by atoms with Gasteiger partial charge in [0, 0.05) is 22.2 Å². The molecule has 0 N–H and O–H groups in total. The van der Waals surface area contributed by atoms with E-state index < -0.39 is 6.43 Å². The van der Waals surface area contributed by atoms with Crippen molar-refractivity contribution in [3.05, 3.63) is 46.1 Å². The first kappa shape index (κ1) is 14.0. The lowest BCUT2D eigenvalue weighted by Crippen LogP contribution is -1.94. The summed E-state index contributed by atoms with van der Waals surface area (Å²) >= 11 is 11.9. The molecule has 0 saturated heterocycles. The fraction of sp³-hybridized carbons (Fsp3) is 0.154. The minimum absolute atomic E-state index is 0.139. The Morgan fingerprint density at radius 1 is 1.16 bits per heavy atom. The van der Waals surface area contributed by atoms with Crippen molar-refractivity contribution in [2.24, 2.45) is 0 Å². The van der Waals surface area contributed by atoms with E-state index in [1.54, 1.807) is 0 Å². The smallest absolute Gasteiger partial charge is 0.264 e.